The number of thiophene rings is 1. The van der Waals surface area contributed by atoms with Gasteiger partial charge >= 0.3 is 0 Å². The predicted molar refractivity (Wildman–Crippen MR) is 121 cm³/mol. The molecule has 0 aromatic carbocycles. The van der Waals surface area contributed by atoms with Gasteiger partial charge in [0.25, 0.3) is 0 Å². The molecule has 0 amide bonds. The minimum atomic E-state index is -3.27. The molecule has 0 aliphatic carbocycles. The largest absolute Gasteiger partial charge is 0.366 e. The van der Waals surface area contributed by atoms with E-state index in [0.29, 0.717) is 6.61 Å². The van der Waals surface area contributed by atoms with Crippen LogP contribution in [0.4, 0.5) is 0 Å². The SMILES string of the molecule is CC(C)=CCC/C(C)=C/c1cc(C)c(COCP(=O)(C[PH](=O)O)OC(C)C)s1. The third-order valence-corrected chi connectivity index (χ3v) is 9.37. The van der Waals surface area contributed by atoms with Crippen molar-refractivity contribution in [2.45, 2.75) is 67.1 Å². The van der Waals surface area contributed by atoms with Gasteiger partial charge in [0.15, 0.2) is 8.03 Å². The van der Waals surface area contributed by atoms with Gasteiger partial charge in [-0.25, -0.2) is 0 Å². The Hall–Kier alpha value is -0.480. The van der Waals surface area contributed by atoms with Crippen LogP contribution in [-0.2, 0) is 25.0 Å². The first kappa shape index (κ1) is 25.6. The van der Waals surface area contributed by atoms with Gasteiger partial charge in [-0.2, -0.15) is 0 Å². The van der Waals surface area contributed by atoms with Crippen molar-refractivity contribution in [3.63, 3.8) is 0 Å². The monoisotopic (exact) mass is 448 g/mol. The molecular formula is C20H34O5P2S. The summed E-state index contributed by atoms with van der Waals surface area (Å²) in [6.07, 6.45) is 6.09. The molecule has 1 aromatic rings. The topological polar surface area (TPSA) is 72.8 Å². The van der Waals surface area contributed by atoms with Crippen molar-refractivity contribution in [3.8, 4) is 0 Å². The lowest BCUT2D eigenvalue weighted by Gasteiger charge is -2.19. The van der Waals surface area contributed by atoms with Crippen LogP contribution >= 0.6 is 26.7 Å². The van der Waals surface area contributed by atoms with Gasteiger partial charge in [0.1, 0.15) is 12.3 Å². The lowest BCUT2D eigenvalue weighted by molar-refractivity contribution is 0.143. The molecule has 1 heterocycles. The molecule has 0 spiro atoms. The predicted octanol–water partition coefficient (Wildman–Crippen LogP) is 6.81. The van der Waals surface area contributed by atoms with E-state index in [-0.39, 0.29) is 18.4 Å². The lowest BCUT2D eigenvalue weighted by atomic mass is 10.1. The second-order valence-corrected chi connectivity index (χ2v) is 12.9. The van der Waals surface area contributed by atoms with E-state index in [1.165, 1.54) is 16.0 Å². The van der Waals surface area contributed by atoms with Crippen LogP contribution in [0.15, 0.2) is 23.3 Å². The quantitative estimate of drug-likeness (QED) is 0.281. The summed E-state index contributed by atoms with van der Waals surface area (Å²) in [7, 11) is -6.16. The van der Waals surface area contributed by atoms with Crippen LogP contribution in [0, 0.1) is 6.92 Å². The molecule has 2 unspecified atom stereocenters. The molecular weight excluding hydrogens is 414 g/mol. The first-order chi connectivity index (χ1) is 13.0. The van der Waals surface area contributed by atoms with Crippen molar-refractivity contribution >= 4 is 32.8 Å². The smallest absolute Gasteiger partial charge is 0.237 e. The maximum absolute atomic E-state index is 12.7. The molecule has 0 saturated carbocycles. The molecule has 5 nitrogen and oxygen atoms in total. The number of hydrogen-bond acceptors (Lipinski definition) is 5. The van der Waals surface area contributed by atoms with Gasteiger partial charge in [-0.1, -0.05) is 17.2 Å². The first-order valence-electron chi connectivity index (χ1n) is 9.46. The van der Waals surface area contributed by atoms with Gasteiger partial charge in [0.05, 0.1) is 12.7 Å². The highest BCUT2D eigenvalue weighted by atomic mass is 32.1. The molecule has 0 fully saturated rings. The second kappa shape index (κ2) is 12.3. The molecule has 1 aromatic heterocycles. The summed E-state index contributed by atoms with van der Waals surface area (Å²) in [5.74, 6) is -0.335. The fourth-order valence-corrected chi connectivity index (χ4v) is 7.30. The number of hydrogen-bond donors (Lipinski definition) is 1. The second-order valence-electron chi connectivity index (χ2n) is 7.56. The van der Waals surface area contributed by atoms with Crippen molar-refractivity contribution in [1.29, 1.82) is 0 Å². The van der Waals surface area contributed by atoms with E-state index < -0.39 is 15.4 Å². The van der Waals surface area contributed by atoms with Crippen LogP contribution in [0.1, 0.15) is 62.8 Å². The van der Waals surface area contributed by atoms with Crippen molar-refractivity contribution in [2.75, 3.05) is 12.3 Å². The van der Waals surface area contributed by atoms with Crippen LogP contribution in [-0.4, -0.2) is 23.2 Å². The summed E-state index contributed by atoms with van der Waals surface area (Å²) >= 11 is 1.65. The zero-order chi connectivity index (χ0) is 21.3. The van der Waals surface area contributed by atoms with E-state index in [1.54, 1.807) is 25.2 Å². The van der Waals surface area contributed by atoms with Crippen LogP contribution < -0.4 is 0 Å². The van der Waals surface area contributed by atoms with E-state index in [2.05, 4.69) is 39.0 Å². The normalized spacial score (nSPS) is 15.5. The van der Waals surface area contributed by atoms with Crippen LogP contribution in [0.5, 0.6) is 0 Å². The van der Waals surface area contributed by atoms with Gasteiger partial charge in [-0.05, 0) is 72.1 Å². The average Bonchev–Trinajstić information content (AvgIpc) is 2.84. The Morgan fingerprint density at radius 2 is 2.04 bits per heavy atom. The Kier molecular flexibility index (Phi) is 11.2. The lowest BCUT2D eigenvalue weighted by Crippen LogP contribution is -2.07. The third-order valence-electron chi connectivity index (χ3n) is 3.82. The van der Waals surface area contributed by atoms with Gasteiger partial charge < -0.3 is 14.2 Å². The molecule has 0 saturated heterocycles. The minimum absolute atomic E-state index is 0.146. The zero-order valence-electron chi connectivity index (χ0n) is 17.8. The molecule has 2 atom stereocenters. The molecule has 0 aliphatic rings. The summed E-state index contributed by atoms with van der Waals surface area (Å²) in [6.45, 7) is 12.2. The highest BCUT2D eigenvalue weighted by Gasteiger charge is 2.27. The Bertz CT molecular complexity index is 761. The summed E-state index contributed by atoms with van der Waals surface area (Å²) in [5, 5.41) is 0. The average molecular weight is 449 g/mol. The molecule has 0 aliphatic heterocycles. The number of allylic oxidation sites excluding steroid dienone is 3. The maximum Gasteiger partial charge on any atom is 0.237 e. The zero-order valence-corrected chi connectivity index (χ0v) is 20.5. The maximum atomic E-state index is 12.7. The summed E-state index contributed by atoms with van der Waals surface area (Å²) in [5.41, 5.74) is 3.79. The minimum Gasteiger partial charge on any atom is -0.366 e. The molecule has 8 heteroatoms. The third kappa shape index (κ3) is 10.3. The van der Waals surface area contributed by atoms with Crippen LogP contribution in [0.25, 0.3) is 6.08 Å². The first-order valence-corrected chi connectivity index (χ1v) is 13.8. The molecule has 0 radical (unpaired) electrons. The van der Waals surface area contributed by atoms with Gasteiger partial charge in [-0.3, -0.25) is 9.13 Å². The van der Waals surface area contributed by atoms with Crippen LogP contribution in [0.2, 0.25) is 0 Å². The number of rotatable bonds is 12. The van der Waals surface area contributed by atoms with Gasteiger partial charge in [-0.15, -0.1) is 11.3 Å². The van der Waals surface area contributed by atoms with E-state index >= 15 is 0 Å². The summed E-state index contributed by atoms with van der Waals surface area (Å²) in [6, 6.07) is 2.13. The molecule has 160 valence electrons. The van der Waals surface area contributed by atoms with E-state index in [0.717, 1.165) is 23.3 Å². The Morgan fingerprint density at radius 1 is 1.36 bits per heavy atom. The Labute approximate surface area is 174 Å². The van der Waals surface area contributed by atoms with E-state index in [1.807, 2.05) is 6.92 Å². The van der Waals surface area contributed by atoms with Gasteiger partial charge in [0, 0.05) is 9.75 Å². The molecule has 0 bridgehead atoms. The van der Waals surface area contributed by atoms with Crippen molar-refractivity contribution in [3.05, 3.63) is 38.6 Å². The number of aryl methyl sites for hydroxylation is 1. The van der Waals surface area contributed by atoms with Crippen molar-refractivity contribution in [2.24, 2.45) is 0 Å². The van der Waals surface area contributed by atoms with E-state index in [9.17, 15) is 14.0 Å². The van der Waals surface area contributed by atoms with Crippen molar-refractivity contribution in [1.82, 2.24) is 0 Å². The highest BCUT2D eigenvalue weighted by molar-refractivity contribution is 7.68. The highest BCUT2D eigenvalue weighted by Crippen LogP contribution is 2.53. The Morgan fingerprint density at radius 3 is 2.61 bits per heavy atom. The van der Waals surface area contributed by atoms with Gasteiger partial charge in [0.2, 0.25) is 7.37 Å². The Balaban J connectivity index is 2.69. The van der Waals surface area contributed by atoms with Crippen LogP contribution in [0.3, 0.4) is 0 Å². The standard InChI is InChI=1S/C20H34O5P2S/c1-15(2)8-7-9-17(5)10-19-11-18(6)20(28-19)12-24-13-27(23,14-26(21)22)25-16(3)4/h8,10-11,16,26H,7,9,12-14H2,1-6H3,(H,21,22)/b17-10+. The van der Waals surface area contributed by atoms with Crippen molar-refractivity contribution < 1.29 is 23.3 Å². The molecule has 1 rings (SSSR count). The fourth-order valence-electron chi connectivity index (χ4n) is 2.65. The molecule has 1 N–H and O–H groups in total. The summed E-state index contributed by atoms with van der Waals surface area (Å²) < 4.78 is 34.9. The van der Waals surface area contributed by atoms with E-state index in [4.69, 9.17) is 9.26 Å². The molecule has 28 heavy (non-hydrogen) atoms. The number of ether oxygens (including phenoxy) is 1. The summed E-state index contributed by atoms with van der Waals surface area (Å²) in [4.78, 5) is 11.4. The fraction of sp³-hybridized carbons (Fsp3) is 0.600.